The van der Waals surface area contributed by atoms with Gasteiger partial charge in [-0.15, -0.1) is 0 Å². The van der Waals surface area contributed by atoms with Crippen LogP contribution in [0.15, 0.2) is 0 Å². The fourth-order valence-corrected chi connectivity index (χ4v) is 1.95. The first-order chi connectivity index (χ1) is 8.06. The van der Waals surface area contributed by atoms with Gasteiger partial charge in [0.1, 0.15) is 19.7 Å². The predicted octanol–water partition coefficient (Wildman–Crippen LogP) is -4.50. The molecular formula is C6H13NO9S. The monoisotopic (exact) mass is 276 g/mol. The second kappa shape index (κ2) is 4.72. The molecule has 1 aliphatic heterocycles. The molecule has 0 bridgehead atoms. The van der Waals surface area contributed by atoms with Crippen molar-refractivity contribution in [1.82, 2.24) is 4.72 Å². The third-order valence-corrected chi connectivity index (χ3v) is 2.77. The number of aliphatic hydroxyl groups is 5. The SMILES string of the molecule is [2H]N([C@]1(O)C(O)O[C@H](CO)[C@@H](O)[C@@H]1O)S(=O)(=O)O. The smallest absolute Gasteiger partial charge is 0.335 e. The van der Waals surface area contributed by atoms with E-state index in [0.717, 1.165) is 0 Å². The number of rotatable bonds is 3. The Kier molecular flexibility index (Phi) is 3.63. The zero-order valence-corrected chi connectivity index (χ0v) is 9.10. The van der Waals surface area contributed by atoms with E-state index in [1.54, 1.807) is 0 Å². The fraction of sp³-hybridized carbons (Fsp3) is 1.00. The average Bonchev–Trinajstić information content (AvgIpc) is 2.28. The molecule has 0 aromatic carbocycles. The Morgan fingerprint density at radius 1 is 1.41 bits per heavy atom. The normalized spacial score (nSPS) is 44.8. The van der Waals surface area contributed by atoms with E-state index in [9.17, 15) is 28.8 Å². The molecule has 1 heterocycles. The van der Waals surface area contributed by atoms with Gasteiger partial charge in [-0.1, -0.05) is 0 Å². The quantitative estimate of drug-likeness (QED) is 0.198. The number of ether oxygens (including phenoxy) is 1. The molecule has 0 aliphatic carbocycles. The lowest BCUT2D eigenvalue weighted by Crippen LogP contribution is -2.73. The predicted molar refractivity (Wildman–Crippen MR) is 49.6 cm³/mol. The molecular weight excluding hydrogens is 262 g/mol. The molecule has 5 atom stereocenters. The summed E-state index contributed by atoms with van der Waals surface area (Å²) in [5.74, 6) is 0. The molecule has 17 heavy (non-hydrogen) atoms. The van der Waals surface area contributed by atoms with Crippen molar-refractivity contribution in [3.8, 4) is 0 Å². The molecule has 0 spiro atoms. The summed E-state index contributed by atoms with van der Waals surface area (Å²) in [6, 6.07) is 0. The Hall–Kier alpha value is -0.370. The summed E-state index contributed by atoms with van der Waals surface area (Å²) >= 11 is 0. The summed E-state index contributed by atoms with van der Waals surface area (Å²) in [6.45, 7) is -0.838. The van der Waals surface area contributed by atoms with Crippen LogP contribution in [0, 0.1) is 0 Å². The van der Waals surface area contributed by atoms with Crippen molar-refractivity contribution in [3.05, 3.63) is 0 Å². The molecule has 1 unspecified atom stereocenters. The second-order valence-electron chi connectivity index (χ2n) is 3.47. The highest BCUT2D eigenvalue weighted by Gasteiger charge is 2.56. The van der Waals surface area contributed by atoms with Gasteiger partial charge in [-0.3, -0.25) is 4.55 Å². The van der Waals surface area contributed by atoms with Crippen LogP contribution in [0.25, 0.3) is 0 Å². The summed E-state index contributed by atoms with van der Waals surface area (Å²) in [5, 5.41) is 46.8. The van der Waals surface area contributed by atoms with E-state index in [4.69, 9.17) is 11.1 Å². The first-order valence-corrected chi connectivity index (χ1v) is 5.76. The topological polar surface area (TPSA) is 177 Å². The standard InChI is InChI=1S/C6H13NO9S/c8-1-2-3(9)4(10)6(12,5(11)16-2)7-17(13,14)15/h2-5,7-12H,1H2,(H,13,14,15)/t2-,3-,4+,5?,6-/m1/s1/i/hD. The highest BCUT2D eigenvalue weighted by molar-refractivity contribution is 7.83. The van der Waals surface area contributed by atoms with Crippen LogP contribution in [0.1, 0.15) is 0 Å². The molecule has 0 aromatic heterocycles. The maximum absolute atomic E-state index is 10.7. The third-order valence-electron chi connectivity index (χ3n) is 2.25. The summed E-state index contributed by atoms with van der Waals surface area (Å²) in [5.41, 5.74) is -3.32. The lowest BCUT2D eigenvalue weighted by Gasteiger charge is -2.45. The van der Waals surface area contributed by atoms with Gasteiger partial charge in [0.25, 0.3) is 0 Å². The first-order valence-electron chi connectivity index (χ1n) is 4.81. The first kappa shape index (κ1) is 13.1. The van der Waals surface area contributed by atoms with E-state index in [2.05, 4.69) is 4.74 Å². The number of hydrogen-bond acceptors (Lipinski definition) is 8. The minimum atomic E-state index is -5.30. The van der Waals surface area contributed by atoms with Crippen LogP contribution in [-0.4, -0.2) is 75.4 Å². The minimum Gasteiger partial charge on any atom is -0.394 e. The molecule has 1 rings (SSSR count). The molecule has 0 aromatic rings. The zero-order valence-electron chi connectivity index (χ0n) is 9.28. The van der Waals surface area contributed by atoms with Crippen molar-refractivity contribution in [3.63, 3.8) is 0 Å². The lowest BCUT2D eigenvalue weighted by atomic mass is 9.94. The van der Waals surface area contributed by atoms with Gasteiger partial charge in [0.2, 0.25) is 12.0 Å². The second-order valence-corrected chi connectivity index (χ2v) is 4.55. The van der Waals surface area contributed by atoms with E-state index in [1.165, 1.54) is 0 Å². The van der Waals surface area contributed by atoms with Crippen LogP contribution in [0.3, 0.4) is 0 Å². The molecule has 0 radical (unpaired) electrons. The maximum Gasteiger partial charge on any atom is 0.335 e. The van der Waals surface area contributed by atoms with Crippen LogP contribution in [0.4, 0.5) is 0 Å². The van der Waals surface area contributed by atoms with Gasteiger partial charge in [0.15, 0.2) is 0 Å². The molecule has 0 amide bonds. The summed E-state index contributed by atoms with van der Waals surface area (Å²) in [6.07, 6.45) is -8.34. The Balaban J connectivity index is 3.15. The van der Waals surface area contributed by atoms with Crippen molar-refractivity contribution >= 4 is 10.3 Å². The van der Waals surface area contributed by atoms with Crippen LogP contribution in [0.5, 0.6) is 0 Å². The Morgan fingerprint density at radius 2 is 1.94 bits per heavy atom. The Labute approximate surface area is 97.4 Å². The Bertz CT molecular complexity index is 404. The number of nitrogens with one attached hydrogen (secondary N) is 1. The van der Waals surface area contributed by atoms with Gasteiger partial charge < -0.3 is 30.3 Å². The van der Waals surface area contributed by atoms with E-state index < -0.39 is 52.0 Å². The van der Waals surface area contributed by atoms with Crippen molar-refractivity contribution in [1.29, 1.82) is 0 Å². The summed E-state index contributed by atoms with van der Waals surface area (Å²) < 4.78 is 40.5. The fourth-order valence-electron chi connectivity index (χ4n) is 1.38. The highest BCUT2D eigenvalue weighted by atomic mass is 32.2. The number of aliphatic hydroxyl groups excluding tert-OH is 4. The van der Waals surface area contributed by atoms with Crippen molar-refractivity contribution < 1.29 is 44.7 Å². The lowest BCUT2D eigenvalue weighted by molar-refractivity contribution is -0.333. The van der Waals surface area contributed by atoms with E-state index in [-0.39, 0.29) is 0 Å². The van der Waals surface area contributed by atoms with Crippen LogP contribution in [-0.2, 0) is 15.0 Å². The molecule has 1 fully saturated rings. The largest absolute Gasteiger partial charge is 0.394 e. The summed E-state index contributed by atoms with van der Waals surface area (Å²) in [7, 11) is -5.30. The molecule has 102 valence electrons. The van der Waals surface area contributed by atoms with E-state index in [1.807, 2.05) is 0 Å². The zero-order chi connectivity index (χ0) is 14.3. The van der Waals surface area contributed by atoms with Crippen molar-refractivity contribution in [2.45, 2.75) is 30.3 Å². The third kappa shape index (κ3) is 2.90. The van der Waals surface area contributed by atoms with Gasteiger partial charge >= 0.3 is 10.3 Å². The van der Waals surface area contributed by atoms with E-state index >= 15 is 0 Å². The van der Waals surface area contributed by atoms with Crippen molar-refractivity contribution in [2.24, 2.45) is 0 Å². The van der Waals surface area contributed by atoms with Gasteiger partial charge in [-0.05, 0) is 0 Å². The van der Waals surface area contributed by atoms with E-state index in [0.29, 0.717) is 0 Å². The average molecular weight is 276 g/mol. The number of hydrogen-bond donors (Lipinski definition) is 7. The van der Waals surface area contributed by atoms with Gasteiger partial charge in [-0.2, -0.15) is 13.1 Å². The van der Waals surface area contributed by atoms with Gasteiger partial charge in [0.05, 0.1) is 6.61 Å². The van der Waals surface area contributed by atoms with Gasteiger partial charge in [0, 0.05) is 0 Å². The van der Waals surface area contributed by atoms with Crippen LogP contribution in [0.2, 0.25) is 1.41 Å². The Morgan fingerprint density at radius 3 is 2.35 bits per heavy atom. The molecule has 11 heteroatoms. The minimum absolute atomic E-state index is 0.838. The molecule has 10 nitrogen and oxygen atoms in total. The molecule has 1 aliphatic rings. The van der Waals surface area contributed by atoms with Crippen molar-refractivity contribution in [2.75, 3.05) is 6.61 Å². The molecule has 7 N–H and O–H groups in total. The van der Waals surface area contributed by atoms with Gasteiger partial charge in [-0.25, -0.2) is 0 Å². The maximum atomic E-state index is 10.7. The van der Waals surface area contributed by atoms with Crippen LogP contribution < -0.4 is 4.72 Å². The highest BCUT2D eigenvalue weighted by Crippen LogP contribution is 2.27. The molecule has 0 saturated carbocycles. The summed E-state index contributed by atoms with van der Waals surface area (Å²) in [4.78, 5) is 0. The molecule has 1 saturated heterocycles. The van der Waals surface area contributed by atoms with Crippen LogP contribution >= 0.6 is 0 Å².